The van der Waals surface area contributed by atoms with Crippen molar-refractivity contribution in [2.45, 2.75) is 32.6 Å². The van der Waals surface area contributed by atoms with Gasteiger partial charge in [0.05, 0.1) is 0 Å². The maximum Gasteiger partial charge on any atom is 0.503 e. The molecule has 0 radical (unpaired) electrons. The van der Waals surface area contributed by atoms with Crippen LogP contribution >= 0.6 is 0 Å². The van der Waals surface area contributed by atoms with Gasteiger partial charge in [-0.3, -0.25) is 4.79 Å². The molecule has 0 saturated heterocycles. The van der Waals surface area contributed by atoms with Gasteiger partial charge >= 0.3 is 12.1 Å². The molecule has 0 fully saturated rings. The van der Waals surface area contributed by atoms with Gasteiger partial charge in [0.15, 0.2) is 0 Å². The predicted octanol–water partition coefficient (Wildman–Crippen LogP) is 2.56. The summed E-state index contributed by atoms with van der Waals surface area (Å²) in [5.41, 5.74) is 7.77. The third-order valence-electron chi connectivity index (χ3n) is 1.16. The fourth-order valence-corrected chi connectivity index (χ4v) is 0.629. The number of unbranched alkanes of at least 4 members (excludes halogenated alkanes) is 2. The molecule has 0 heterocycles. The number of hydrogen-bond donors (Lipinski definition) is 2. The van der Waals surface area contributed by atoms with Crippen LogP contribution < -0.4 is 0 Å². The lowest BCUT2D eigenvalue weighted by Crippen LogP contribution is -1.97. The van der Waals surface area contributed by atoms with Crippen LogP contribution in [0.2, 0.25) is 0 Å². The minimum atomic E-state index is -1.83. The third kappa shape index (κ3) is 24.5. The van der Waals surface area contributed by atoms with E-state index < -0.39 is 12.1 Å². The standard InChI is InChI=1S/C6H11N3O2.CH2O3/c1-2-3-4-5-6(10)11-9-8-7;2-1(3)4/h2-5H2,1H3;(H2,2,3,4). The normalized spacial score (nSPS) is 7.80. The first-order valence-electron chi connectivity index (χ1n) is 4.20. The Hall–Kier alpha value is -1.95. The van der Waals surface area contributed by atoms with E-state index in [0.717, 1.165) is 19.3 Å². The van der Waals surface area contributed by atoms with Crippen LogP contribution in [0.4, 0.5) is 4.79 Å². The number of azide groups is 1. The summed E-state index contributed by atoms with van der Waals surface area (Å²) < 4.78 is 0. The SMILES string of the molecule is CCCCCC(=O)ON=[N+]=[N-].O=C(O)O. The number of carboxylic acid groups (broad SMARTS) is 2. The third-order valence-corrected chi connectivity index (χ3v) is 1.16. The van der Waals surface area contributed by atoms with Crippen LogP contribution in [-0.4, -0.2) is 22.3 Å². The van der Waals surface area contributed by atoms with Gasteiger partial charge in [0.2, 0.25) is 0 Å². The zero-order valence-corrected chi connectivity index (χ0v) is 8.29. The molecule has 8 heteroatoms. The molecule has 0 aliphatic rings. The molecule has 2 N–H and O–H groups in total. The van der Waals surface area contributed by atoms with E-state index in [1.165, 1.54) is 0 Å². The van der Waals surface area contributed by atoms with Gasteiger partial charge in [-0.25, -0.2) is 4.79 Å². The van der Waals surface area contributed by atoms with E-state index in [4.69, 9.17) is 20.5 Å². The Bertz CT molecular complexity index is 233. The lowest BCUT2D eigenvalue weighted by molar-refractivity contribution is -0.144. The molecule has 0 aliphatic heterocycles. The van der Waals surface area contributed by atoms with Crippen molar-refractivity contribution in [1.82, 2.24) is 0 Å². The Kier molecular flexibility index (Phi) is 12.5. The van der Waals surface area contributed by atoms with Crippen molar-refractivity contribution >= 4 is 12.1 Å². The first-order chi connectivity index (χ1) is 7.04. The van der Waals surface area contributed by atoms with Crippen LogP contribution in [0, 0.1) is 0 Å². The van der Waals surface area contributed by atoms with Crippen LogP contribution in [0.15, 0.2) is 5.28 Å². The fraction of sp³-hybridized carbons (Fsp3) is 0.714. The maximum absolute atomic E-state index is 10.6. The summed E-state index contributed by atoms with van der Waals surface area (Å²) in [6.07, 6.45) is 1.32. The highest BCUT2D eigenvalue weighted by Gasteiger charge is 1.99. The quantitative estimate of drug-likeness (QED) is 0.241. The number of carbonyl (C=O) groups excluding carboxylic acids is 1. The van der Waals surface area contributed by atoms with E-state index in [1.807, 2.05) is 6.92 Å². The van der Waals surface area contributed by atoms with Crippen LogP contribution in [0.5, 0.6) is 0 Å². The molecule has 15 heavy (non-hydrogen) atoms. The van der Waals surface area contributed by atoms with E-state index in [0.29, 0.717) is 6.42 Å². The van der Waals surface area contributed by atoms with Gasteiger partial charge in [0.1, 0.15) is 5.28 Å². The van der Waals surface area contributed by atoms with Crippen molar-refractivity contribution in [2.24, 2.45) is 5.28 Å². The Morgan fingerprint density at radius 1 is 1.40 bits per heavy atom. The average Bonchev–Trinajstić information content (AvgIpc) is 2.14. The second-order valence-electron chi connectivity index (χ2n) is 2.37. The number of nitrogens with zero attached hydrogens (tertiary/aromatic N) is 3. The van der Waals surface area contributed by atoms with E-state index in [1.54, 1.807) is 0 Å². The summed E-state index contributed by atoms with van der Waals surface area (Å²) in [4.78, 5) is 25.5. The lowest BCUT2D eigenvalue weighted by Gasteiger charge is -1.94. The average molecular weight is 219 g/mol. The highest BCUT2D eigenvalue weighted by Crippen LogP contribution is 2.00. The smallest absolute Gasteiger partial charge is 0.450 e. The Morgan fingerprint density at radius 3 is 2.33 bits per heavy atom. The summed E-state index contributed by atoms with van der Waals surface area (Å²) in [5.74, 6) is -0.462. The molecule has 0 aromatic heterocycles. The molecule has 8 nitrogen and oxygen atoms in total. The molecule has 86 valence electrons. The molecule has 0 rings (SSSR count). The van der Waals surface area contributed by atoms with E-state index in [-0.39, 0.29) is 0 Å². The molecular weight excluding hydrogens is 206 g/mol. The minimum absolute atomic E-state index is 0.326. The largest absolute Gasteiger partial charge is 0.503 e. The molecule has 0 aliphatic carbocycles. The molecule has 0 bridgehead atoms. The van der Waals surface area contributed by atoms with Gasteiger partial charge in [-0.2, -0.15) is 0 Å². The zero-order chi connectivity index (χ0) is 12.1. The van der Waals surface area contributed by atoms with Gasteiger partial charge in [-0.05, 0) is 12.0 Å². The molecule has 0 atom stereocenters. The van der Waals surface area contributed by atoms with E-state index in [2.05, 4.69) is 15.0 Å². The molecule has 0 spiro atoms. The Balaban J connectivity index is 0. The van der Waals surface area contributed by atoms with Crippen molar-refractivity contribution in [3.05, 3.63) is 10.4 Å². The van der Waals surface area contributed by atoms with Crippen LogP contribution in [0.25, 0.3) is 10.4 Å². The van der Waals surface area contributed by atoms with Crippen LogP contribution in [-0.2, 0) is 9.63 Å². The molecule has 0 aromatic carbocycles. The summed E-state index contributed by atoms with van der Waals surface area (Å²) in [5, 5.41) is 16.6. The van der Waals surface area contributed by atoms with Crippen molar-refractivity contribution < 1.29 is 24.6 Å². The van der Waals surface area contributed by atoms with Gasteiger partial charge in [-0.15, -0.1) is 0 Å². The van der Waals surface area contributed by atoms with E-state index >= 15 is 0 Å². The summed E-state index contributed by atoms with van der Waals surface area (Å²) in [6.45, 7) is 2.04. The van der Waals surface area contributed by atoms with Crippen LogP contribution in [0.3, 0.4) is 0 Å². The Labute approximate surface area is 86.0 Å². The van der Waals surface area contributed by atoms with Crippen molar-refractivity contribution in [3.8, 4) is 0 Å². The van der Waals surface area contributed by atoms with E-state index in [9.17, 15) is 4.79 Å². The maximum atomic E-state index is 10.6. The first-order valence-corrected chi connectivity index (χ1v) is 4.20. The Morgan fingerprint density at radius 2 is 1.93 bits per heavy atom. The van der Waals surface area contributed by atoms with Gasteiger partial charge < -0.3 is 15.1 Å². The second kappa shape index (κ2) is 12.0. The minimum Gasteiger partial charge on any atom is -0.450 e. The topological polar surface area (TPSA) is 133 Å². The molecule has 0 amide bonds. The van der Waals surface area contributed by atoms with Crippen molar-refractivity contribution in [3.63, 3.8) is 0 Å². The first kappa shape index (κ1) is 15.5. The van der Waals surface area contributed by atoms with Gasteiger partial charge in [0, 0.05) is 11.3 Å². The number of hydrogen-bond acceptors (Lipinski definition) is 4. The summed E-state index contributed by atoms with van der Waals surface area (Å²) in [6, 6.07) is 0. The summed E-state index contributed by atoms with van der Waals surface area (Å²) >= 11 is 0. The van der Waals surface area contributed by atoms with Crippen molar-refractivity contribution in [2.75, 3.05) is 0 Å². The fourth-order valence-electron chi connectivity index (χ4n) is 0.629. The molecule has 0 unspecified atom stereocenters. The monoisotopic (exact) mass is 219 g/mol. The predicted molar refractivity (Wildman–Crippen MR) is 50.0 cm³/mol. The molecule has 0 saturated carbocycles. The van der Waals surface area contributed by atoms with Gasteiger partial charge in [0.25, 0.3) is 0 Å². The lowest BCUT2D eigenvalue weighted by atomic mass is 10.2. The highest BCUT2D eigenvalue weighted by atomic mass is 16.7. The molecular formula is C7H13N3O5. The zero-order valence-electron chi connectivity index (χ0n) is 8.29. The highest BCUT2D eigenvalue weighted by molar-refractivity contribution is 5.68. The second-order valence-corrected chi connectivity index (χ2v) is 2.37. The van der Waals surface area contributed by atoms with Crippen molar-refractivity contribution in [1.29, 1.82) is 0 Å². The molecule has 0 aromatic rings. The number of carbonyl (C=O) groups is 2. The van der Waals surface area contributed by atoms with Crippen LogP contribution in [0.1, 0.15) is 32.6 Å². The summed E-state index contributed by atoms with van der Waals surface area (Å²) in [7, 11) is 0. The van der Waals surface area contributed by atoms with Gasteiger partial charge in [-0.1, -0.05) is 19.8 Å². The number of rotatable bonds is 5.